The minimum absolute atomic E-state index is 0.861. The molecule has 0 aliphatic heterocycles. The summed E-state index contributed by atoms with van der Waals surface area (Å²) < 4.78 is 4.98. The summed E-state index contributed by atoms with van der Waals surface area (Å²) in [4.78, 5) is 0. The molecule has 0 radical (unpaired) electrons. The molecule has 1 rings (SSSR count). The van der Waals surface area contributed by atoms with Crippen LogP contribution in [0.2, 0.25) is 0 Å². The Labute approximate surface area is 58.5 Å². The van der Waals surface area contributed by atoms with Gasteiger partial charge in [-0.15, -0.1) is 0 Å². The fourth-order valence-corrected chi connectivity index (χ4v) is 1.71. The van der Waals surface area contributed by atoms with Gasteiger partial charge < -0.3 is 4.74 Å². The first kappa shape index (κ1) is 6.56. The zero-order valence-corrected chi connectivity index (χ0v) is 6.65. The van der Waals surface area contributed by atoms with Crippen molar-refractivity contribution in [3.05, 3.63) is 0 Å². The van der Waals surface area contributed by atoms with Crippen molar-refractivity contribution in [2.45, 2.75) is 6.42 Å². The van der Waals surface area contributed by atoms with Crippen molar-refractivity contribution in [1.82, 2.24) is 0 Å². The molecular formula is C6H11BrO. The third-order valence-electron chi connectivity index (χ3n) is 1.65. The molecule has 1 aliphatic rings. The molecule has 0 saturated heterocycles. The van der Waals surface area contributed by atoms with Crippen LogP contribution in [0, 0.1) is 11.8 Å². The van der Waals surface area contributed by atoms with Crippen LogP contribution < -0.4 is 0 Å². The molecule has 2 atom stereocenters. The molecule has 0 aromatic heterocycles. The largest absolute Gasteiger partial charge is 0.384 e. The molecule has 0 N–H and O–H groups in total. The molecule has 0 spiro atoms. The highest BCUT2D eigenvalue weighted by Gasteiger charge is 2.35. The fourth-order valence-electron chi connectivity index (χ4n) is 0.917. The van der Waals surface area contributed by atoms with Gasteiger partial charge in [-0.3, -0.25) is 0 Å². The van der Waals surface area contributed by atoms with Gasteiger partial charge in [0, 0.05) is 19.0 Å². The molecule has 1 nitrogen and oxygen atoms in total. The molecule has 1 saturated carbocycles. The Bertz CT molecular complexity index is 74.9. The maximum atomic E-state index is 4.98. The summed E-state index contributed by atoms with van der Waals surface area (Å²) in [7, 11) is 1.77. The SMILES string of the molecule is COC[C@@H]1C[C@H]1CBr. The lowest BCUT2D eigenvalue weighted by atomic mass is 10.4. The second-order valence-electron chi connectivity index (χ2n) is 2.37. The maximum Gasteiger partial charge on any atom is 0.0493 e. The predicted molar refractivity (Wildman–Crippen MR) is 37.3 cm³/mol. The molecule has 48 valence electrons. The smallest absolute Gasteiger partial charge is 0.0493 e. The first-order valence-corrected chi connectivity index (χ1v) is 4.05. The monoisotopic (exact) mass is 178 g/mol. The lowest BCUT2D eigenvalue weighted by molar-refractivity contribution is 0.182. The Kier molecular flexibility index (Phi) is 2.32. The predicted octanol–water partition coefficient (Wildman–Crippen LogP) is 1.66. The van der Waals surface area contributed by atoms with Crippen molar-refractivity contribution in [2.75, 3.05) is 19.0 Å². The van der Waals surface area contributed by atoms with Gasteiger partial charge in [-0.2, -0.15) is 0 Å². The lowest BCUT2D eigenvalue weighted by Gasteiger charge is -1.91. The number of methoxy groups -OCH3 is 1. The van der Waals surface area contributed by atoms with Crippen LogP contribution in [0.3, 0.4) is 0 Å². The van der Waals surface area contributed by atoms with E-state index in [1.807, 2.05) is 0 Å². The van der Waals surface area contributed by atoms with E-state index in [1.165, 1.54) is 6.42 Å². The summed E-state index contributed by atoms with van der Waals surface area (Å²) in [6, 6.07) is 0. The number of ether oxygens (including phenoxy) is 1. The second-order valence-corrected chi connectivity index (χ2v) is 3.01. The summed E-state index contributed by atoms with van der Waals surface area (Å²) in [5.41, 5.74) is 0. The number of alkyl halides is 1. The highest BCUT2D eigenvalue weighted by atomic mass is 79.9. The summed E-state index contributed by atoms with van der Waals surface area (Å²) in [5.74, 6) is 1.77. The molecule has 0 amide bonds. The Morgan fingerprint density at radius 3 is 2.75 bits per heavy atom. The minimum atomic E-state index is 0.861. The molecule has 2 heteroatoms. The second kappa shape index (κ2) is 2.83. The molecule has 0 aromatic rings. The van der Waals surface area contributed by atoms with Gasteiger partial charge in [0.1, 0.15) is 0 Å². The molecule has 0 heterocycles. The van der Waals surface area contributed by atoms with E-state index >= 15 is 0 Å². The minimum Gasteiger partial charge on any atom is -0.384 e. The normalized spacial score (nSPS) is 35.2. The average molecular weight is 179 g/mol. The van der Waals surface area contributed by atoms with E-state index < -0.39 is 0 Å². The fraction of sp³-hybridized carbons (Fsp3) is 1.00. The van der Waals surface area contributed by atoms with Gasteiger partial charge in [0.15, 0.2) is 0 Å². The quantitative estimate of drug-likeness (QED) is 0.598. The standard InChI is InChI=1S/C6H11BrO/c1-8-4-6-2-5(6)3-7/h5-6H,2-4H2,1H3/t5-,6-/m0/s1. The zero-order chi connectivity index (χ0) is 5.98. The summed E-state index contributed by atoms with van der Waals surface area (Å²) in [6.07, 6.45) is 1.36. The van der Waals surface area contributed by atoms with Gasteiger partial charge in [0.25, 0.3) is 0 Å². The van der Waals surface area contributed by atoms with Crippen molar-refractivity contribution >= 4 is 15.9 Å². The zero-order valence-electron chi connectivity index (χ0n) is 5.06. The van der Waals surface area contributed by atoms with Crippen LogP contribution >= 0.6 is 15.9 Å². The van der Waals surface area contributed by atoms with Crippen molar-refractivity contribution in [2.24, 2.45) is 11.8 Å². The van der Waals surface area contributed by atoms with Gasteiger partial charge in [0.05, 0.1) is 0 Å². The van der Waals surface area contributed by atoms with Crippen molar-refractivity contribution < 1.29 is 4.74 Å². The van der Waals surface area contributed by atoms with Gasteiger partial charge in [0.2, 0.25) is 0 Å². The van der Waals surface area contributed by atoms with Crippen LogP contribution in [0.25, 0.3) is 0 Å². The van der Waals surface area contributed by atoms with Crippen LogP contribution in [-0.2, 0) is 4.74 Å². The third-order valence-corrected chi connectivity index (χ3v) is 2.48. The first-order valence-electron chi connectivity index (χ1n) is 2.93. The van der Waals surface area contributed by atoms with Crippen molar-refractivity contribution in [3.63, 3.8) is 0 Å². The Morgan fingerprint density at radius 2 is 2.38 bits per heavy atom. The lowest BCUT2D eigenvalue weighted by Crippen LogP contribution is -1.92. The number of rotatable bonds is 3. The van der Waals surface area contributed by atoms with Crippen molar-refractivity contribution in [3.8, 4) is 0 Å². The van der Waals surface area contributed by atoms with E-state index in [9.17, 15) is 0 Å². The topological polar surface area (TPSA) is 9.23 Å². The van der Waals surface area contributed by atoms with Gasteiger partial charge in [-0.1, -0.05) is 15.9 Å². The third kappa shape index (κ3) is 1.46. The van der Waals surface area contributed by atoms with E-state index in [1.54, 1.807) is 7.11 Å². The number of hydrogen-bond acceptors (Lipinski definition) is 1. The Balaban J connectivity index is 1.99. The molecule has 0 bridgehead atoms. The van der Waals surface area contributed by atoms with Gasteiger partial charge >= 0.3 is 0 Å². The summed E-state index contributed by atoms with van der Waals surface area (Å²) >= 11 is 3.43. The van der Waals surface area contributed by atoms with E-state index in [-0.39, 0.29) is 0 Å². The molecular weight excluding hydrogens is 168 g/mol. The Hall–Kier alpha value is 0.440. The molecule has 1 fully saturated rings. The van der Waals surface area contributed by atoms with Crippen LogP contribution in [0.15, 0.2) is 0 Å². The van der Waals surface area contributed by atoms with Crippen molar-refractivity contribution in [1.29, 1.82) is 0 Å². The van der Waals surface area contributed by atoms with Crippen LogP contribution in [-0.4, -0.2) is 19.0 Å². The highest BCUT2D eigenvalue weighted by molar-refractivity contribution is 9.09. The van der Waals surface area contributed by atoms with Gasteiger partial charge in [-0.25, -0.2) is 0 Å². The Morgan fingerprint density at radius 1 is 1.62 bits per heavy atom. The van der Waals surface area contributed by atoms with E-state index in [0.717, 1.165) is 23.8 Å². The average Bonchev–Trinajstić information content (AvgIpc) is 2.48. The van der Waals surface area contributed by atoms with E-state index in [0.29, 0.717) is 0 Å². The van der Waals surface area contributed by atoms with Crippen LogP contribution in [0.4, 0.5) is 0 Å². The molecule has 0 unspecified atom stereocenters. The first-order chi connectivity index (χ1) is 3.88. The molecule has 8 heavy (non-hydrogen) atoms. The summed E-state index contributed by atoms with van der Waals surface area (Å²) in [6.45, 7) is 0.955. The number of halogens is 1. The number of hydrogen-bond donors (Lipinski definition) is 0. The molecule has 0 aromatic carbocycles. The molecule has 1 aliphatic carbocycles. The van der Waals surface area contributed by atoms with E-state index in [2.05, 4.69) is 15.9 Å². The van der Waals surface area contributed by atoms with Crippen LogP contribution in [0.5, 0.6) is 0 Å². The van der Waals surface area contributed by atoms with E-state index in [4.69, 9.17) is 4.74 Å². The van der Waals surface area contributed by atoms with Crippen LogP contribution in [0.1, 0.15) is 6.42 Å². The summed E-state index contributed by atoms with van der Waals surface area (Å²) in [5, 5.41) is 1.15. The highest BCUT2D eigenvalue weighted by Crippen LogP contribution is 2.39. The van der Waals surface area contributed by atoms with Gasteiger partial charge in [-0.05, 0) is 18.3 Å². The maximum absolute atomic E-state index is 4.98.